The van der Waals surface area contributed by atoms with Crippen molar-refractivity contribution in [3.05, 3.63) is 109 Å². The molecule has 10 aromatic rings. The second kappa shape index (κ2) is 6.93. The first kappa shape index (κ1) is 20.1. The molecule has 0 aliphatic rings. The summed E-state index contributed by atoms with van der Waals surface area (Å²) in [5, 5.41) is 11.4. The predicted molar refractivity (Wildman–Crippen MR) is 165 cm³/mol. The minimum absolute atomic E-state index is 0.895. The van der Waals surface area contributed by atoms with Crippen LogP contribution in [0.1, 0.15) is 0 Å². The normalized spacial score (nSPS) is 12.6. The van der Waals surface area contributed by atoms with E-state index in [4.69, 9.17) is 9.40 Å². The molecule has 0 spiro atoms. The Labute approximate surface area is 225 Å². The van der Waals surface area contributed by atoms with Crippen LogP contribution in [0.5, 0.6) is 0 Å². The number of aromatic nitrogens is 2. The third kappa shape index (κ3) is 2.41. The lowest BCUT2D eigenvalue weighted by molar-refractivity contribution is 0.669. The van der Waals surface area contributed by atoms with Crippen molar-refractivity contribution in [1.82, 2.24) is 9.55 Å². The van der Waals surface area contributed by atoms with Crippen molar-refractivity contribution in [2.75, 3.05) is 0 Å². The highest BCUT2D eigenvalue weighted by Gasteiger charge is 2.22. The van der Waals surface area contributed by atoms with Crippen molar-refractivity contribution in [3.8, 4) is 5.69 Å². The van der Waals surface area contributed by atoms with Crippen LogP contribution < -0.4 is 0 Å². The van der Waals surface area contributed by atoms with Crippen LogP contribution in [-0.4, -0.2) is 9.55 Å². The fraction of sp³-hybridized carbons (Fsp3) is 0. The maximum atomic E-state index is 6.27. The molecule has 180 valence electrons. The van der Waals surface area contributed by atoms with Gasteiger partial charge in [0.1, 0.15) is 11.2 Å². The van der Waals surface area contributed by atoms with E-state index >= 15 is 0 Å². The van der Waals surface area contributed by atoms with Crippen molar-refractivity contribution < 1.29 is 4.42 Å². The van der Waals surface area contributed by atoms with E-state index in [2.05, 4.69) is 89.5 Å². The van der Waals surface area contributed by atoms with Crippen LogP contribution in [0.15, 0.2) is 114 Å². The number of hydrogen-bond donors (Lipinski definition) is 0. The predicted octanol–water partition coefficient (Wildman–Crippen LogP) is 10.2. The first-order valence-corrected chi connectivity index (χ1v) is 14.0. The van der Waals surface area contributed by atoms with Gasteiger partial charge >= 0.3 is 0 Å². The van der Waals surface area contributed by atoms with Gasteiger partial charge in [0.05, 0.1) is 26.9 Å². The zero-order chi connectivity index (χ0) is 25.2. The molecule has 4 heteroatoms. The van der Waals surface area contributed by atoms with Crippen LogP contribution in [0, 0.1) is 0 Å². The number of thiophene rings is 1. The lowest BCUT2D eigenvalue weighted by atomic mass is 9.94. The molecule has 0 unspecified atom stereocenters. The number of nitrogens with zero attached hydrogens (tertiary/aromatic N) is 2. The Bertz CT molecular complexity index is 2620. The van der Waals surface area contributed by atoms with Gasteiger partial charge in [-0.3, -0.25) is 4.98 Å². The first-order valence-electron chi connectivity index (χ1n) is 13.1. The van der Waals surface area contributed by atoms with E-state index in [0.717, 1.165) is 43.9 Å². The lowest BCUT2D eigenvalue weighted by Crippen LogP contribution is -1.95. The number of hydrogen-bond acceptors (Lipinski definition) is 3. The third-order valence-corrected chi connectivity index (χ3v) is 9.57. The SMILES string of the molecule is c1ccc2c(c1)oc1cc3c4ncccc4n(-c4ccc5c6ccccc6c6cccc7sc4c5c76)c3cc12. The second-order valence-corrected chi connectivity index (χ2v) is 11.4. The van der Waals surface area contributed by atoms with Gasteiger partial charge in [0, 0.05) is 37.8 Å². The number of para-hydroxylation sites is 1. The van der Waals surface area contributed by atoms with Crippen LogP contribution in [-0.2, 0) is 0 Å². The smallest absolute Gasteiger partial charge is 0.136 e. The zero-order valence-electron chi connectivity index (χ0n) is 20.6. The van der Waals surface area contributed by atoms with Gasteiger partial charge < -0.3 is 8.98 Å². The summed E-state index contributed by atoms with van der Waals surface area (Å²) in [5.41, 5.74) is 6.24. The largest absolute Gasteiger partial charge is 0.456 e. The number of furan rings is 1. The molecule has 0 atom stereocenters. The Hall–Kier alpha value is -4.93. The van der Waals surface area contributed by atoms with E-state index in [1.54, 1.807) is 0 Å². The standard InChI is InChI=1S/C35H18N2OS/c1-2-8-20-19(7-1)22-10-5-13-31-32(22)33-23(20)14-15-27(35(33)39-31)37-26-11-6-16-36-34(26)25-18-30-24(17-28(25)37)21-9-3-4-12-29(21)38-30/h1-18H. The van der Waals surface area contributed by atoms with Gasteiger partial charge in [-0.15, -0.1) is 11.3 Å². The molecule has 10 rings (SSSR count). The van der Waals surface area contributed by atoms with Gasteiger partial charge in [-0.1, -0.05) is 60.7 Å². The van der Waals surface area contributed by atoms with Crippen LogP contribution in [0.4, 0.5) is 0 Å². The minimum Gasteiger partial charge on any atom is -0.456 e. The Morgan fingerprint density at radius 2 is 1.36 bits per heavy atom. The number of fused-ring (bicyclic) bond motifs is 9. The van der Waals surface area contributed by atoms with Gasteiger partial charge in [0.2, 0.25) is 0 Å². The highest BCUT2D eigenvalue weighted by Crippen LogP contribution is 2.48. The molecule has 6 aromatic carbocycles. The molecule has 4 aromatic heterocycles. The topological polar surface area (TPSA) is 31.0 Å². The van der Waals surface area contributed by atoms with E-state index in [9.17, 15) is 0 Å². The molecule has 4 heterocycles. The second-order valence-electron chi connectivity index (χ2n) is 10.3. The highest BCUT2D eigenvalue weighted by atomic mass is 32.1. The summed E-state index contributed by atoms with van der Waals surface area (Å²) in [5.74, 6) is 0. The molecular weight excluding hydrogens is 496 g/mol. The molecule has 39 heavy (non-hydrogen) atoms. The fourth-order valence-corrected chi connectivity index (χ4v) is 8.05. The zero-order valence-corrected chi connectivity index (χ0v) is 21.4. The quantitative estimate of drug-likeness (QED) is 0.204. The van der Waals surface area contributed by atoms with Crippen LogP contribution in [0.2, 0.25) is 0 Å². The molecule has 0 aliphatic carbocycles. The van der Waals surface area contributed by atoms with Crippen LogP contribution in [0.3, 0.4) is 0 Å². The molecule has 3 nitrogen and oxygen atoms in total. The summed E-state index contributed by atoms with van der Waals surface area (Å²) < 4.78 is 11.3. The lowest BCUT2D eigenvalue weighted by Gasteiger charge is -2.13. The number of rotatable bonds is 1. The van der Waals surface area contributed by atoms with Gasteiger partial charge in [-0.2, -0.15) is 0 Å². The van der Waals surface area contributed by atoms with Crippen molar-refractivity contribution in [1.29, 1.82) is 0 Å². The summed E-state index contributed by atoms with van der Waals surface area (Å²) in [4.78, 5) is 4.85. The summed E-state index contributed by atoms with van der Waals surface area (Å²) >= 11 is 1.89. The van der Waals surface area contributed by atoms with Crippen LogP contribution >= 0.6 is 11.3 Å². The maximum Gasteiger partial charge on any atom is 0.136 e. The van der Waals surface area contributed by atoms with Crippen molar-refractivity contribution in [2.45, 2.75) is 0 Å². The van der Waals surface area contributed by atoms with E-state index in [0.29, 0.717) is 0 Å². The molecule has 0 saturated heterocycles. The van der Waals surface area contributed by atoms with Gasteiger partial charge in [0.25, 0.3) is 0 Å². The van der Waals surface area contributed by atoms with Gasteiger partial charge in [-0.25, -0.2) is 0 Å². The van der Waals surface area contributed by atoms with E-state index < -0.39 is 0 Å². The van der Waals surface area contributed by atoms with Crippen molar-refractivity contribution in [3.63, 3.8) is 0 Å². The van der Waals surface area contributed by atoms with Gasteiger partial charge in [0.15, 0.2) is 0 Å². The van der Waals surface area contributed by atoms with E-state index in [1.165, 1.54) is 47.4 Å². The van der Waals surface area contributed by atoms with E-state index in [-0.39, 0.29) is 0 Å². The highest BCUT2D eigenvalue weighted by molar-refractivity contribution is 7.26. The summed E-state index contributed by atoms with van der Waals surface area (Å²) in [6.07, 6.45) is 1.88. The average Bonchev–Trinajstić information content (AvgIpc) is 3.65. The number of pyridine rings is 1. The van der Waals surface area contributed by atoms with Crippen molar-refractivity contribution in [2.24, 2.45) is 0 Å². The summed E-state index contributed by atoms with van der Waals surface area (Å²) in [6, 6.07) is 37.1. The molecule has 0 bridgehead atoms. The monoisotopic (exact) mass is 514 g/mol. The summed E-state index contributed by atoms with van der Waals surface area (Å²) in [7, 11) is 0. The first-order chi connectivity index (χ1) is 19.3. The maximum absolute atomic E-state index is 6.27. The third-order valence-electron chi connectivity index (χ3n) is 8.39. The molecule has 0 aliphatic heterocycles. The average molecular weight is 515 g/mol. The molecule has 0 saturated carbocycles. The van der Waals surface area contributed by atoms with Gasteiger partial charge in [-0.05, 0) is 64.0 Å². The van der Waals surface area contributed by atoms with Crippen molar-refractivity contribution >= 4 is 96.9 Å². The molecule has 0 fully saturated rings. The fourth-order valence-electron chi connectivity index (χ4n) is 6.79. The minimum atomic E-state index is 0.895. The Balaban J connectivity index is 1.42. The van der Waals surface area contributed by atoms with Crippen LogP contribution in [0.25, 0.3) is 91.3 Å². The molecular formula is C35H18N2OS. The summed E-state index contributed by atoms with van der Waals surface area (Å²) in [6.45, 7) is 0. The molecule has 0 amide bonds. The Morgan fingerprint density at radius 1 is 0.564 bits per heavy atom. The number of benzene rings is 6. The Morgan fingerprint density at radius 3 is 2.26 bits per heavy atom. The molecule has 0 radical (unpaired) electrons. The van der Waals surface area contributed by atoms with E-state index in [1.807, 2.05) is 35.7 Å². The Kier molecular flexibility index (Phi) is 3.57. The molecule has 0 N–H and O–H groups in total.